The minimum absolute atomic E-state index is 0.573. The predicted molar refractivity (Wildman–Crippen MR) is 82.4 cm³/mol. The van der Waals surface area contributed by atoms with Crippen LogP contribution in [0.25, 0.3) is 0 Å². The van der Waals surface area contributed by atoms with Crippen LogP contribution in [0.3, 0.4) is 0 Å². The average molecular weight is 253 g/mol. The van der Waals surface area contributed by atoms with Gasteiger partial charge in [0.15, 0.2) is 0 Å². The molecule has 2 aromatic carbocycles. The molecule has 0 aliphatic heterocycles. The molecule has 0 saturated carbocycles. The predicted octanol–water partition coefficient (Wildman–Crippen LogP) is 3.84. The van der Waals surface area contributed by atoms with Gasteiger partial charge in [0.2, 0.25) is 0 Å². The number of nitrogens with one attached hydrogen (secondary N) is 1. The molecule has 0 bridgehead atoms. The van der Waals surface area contributed by atoms with Crippen molar-refractivity contribution in [3.63, 3.8) is 0 Å². The van der Waals surface area contributed by atoms with E-state index in [0.29, 0.717) is 6.04 Å². The van der Waals surface area contributed by atoms with Crippen LogP contribution in [0.15, 0.2) is 60.7 Å². The maximum Gasteiger partial charge on any atom is 0.00420 e. The number of rotatable bonds is 7. The molecule has 0 fully saturated rings. The van der Waals surface area contributed by atoms with Crippen molar-refractivity contribution < 1.29 is 0 Å². The van der Waals surface area contributed by atoms with Gasteiger partial charge < -0.3 is 5.32 Å². The molecular weight excluding hydrogens is 230 g/mol. The molecule has 2 rings (SSSR count). The van der Waals surface area contributed by atoms with E-state index in [-0.39, 0.29) is 0 Å². The number of hydrogen-bond donors (Lipinski definition) is 1. The van der Waals surface area contributed by atoms with Gasteiger partial charge in [0.1, 0.15) is 0 Å². The molecule has 0 heterocycles. The zero-order chi connectivity index (χ0) is 13.3. The molecule has 0 unspecified atom stereocenters. The average Bonchev–Trinajstić information content (AvgIpc) is 2.47. The molecule has 0 aliphatic carbocycles. The summed E-state index contributed by atoms with van der Waals surface area (Å²) in [5.41, 5.74) is 2.84. The highest BCUT2D eigenvalue weighted by molar-refractivity contribution is 5.15. The highest BCUT2D eigenvalue weighted by Crippen LogP contribution is 2.05. The molecule has 0 aliphatic rings. The van der Waals surface area contributed by atoms with E-state index >= 15 is 0 Å². The third kappa shape index (κ3) is 5.27. The summed E-state index contributed by atoms with van der Waals surface area (Å²) < 4.78 is 0. The number of benzene rings is 2. The first-order valence-electron chi connectivity index (χ1n) is 7.16. The Bertz CT molecular complexity index is 450. The van der Waals surface area contributed by atoms with Crippen molar-refractivity contribution in [2.75, 3.05) is 6.54 Å². The second kappa shape index (κ2) is 7.75. The first kappa shape index (κ1) is 13.8. The quantitative estimate of drug-likeness (QED) is 0.790. The van der Waals surface area contributed by atoms with Crippen molar-refractivity contribution in [3.05, 3.63) is 71.8 Å². The minimum atomic E-state index is 0.573. The second-order valence-electron chi connectivity index (χ2n) is 5.12. The Morgan fingerprint density at radius 2 is 1.32 bits per heavy atom. The van der Waals surface area contributed by atoms with Gasteiger partial charge in [0.25, 0.3) is 0 Å². The summed E-state index contributed by atoms with van der Waals surface area (Å²) in [5, 5.41) is 3.60. The lowest BCUT2D eigenvalue weighted by molar-refractivity contribution is 0.517. The molecular formula is C18H23N. The van der Waals surface area contributed by atoms with E-state index in [2.05, 4.69) is 72.9 Å². The van der Waals surface area contributed by atoms with Gasteiger partial charge in [0.05, 0.1) is 0 Å². The third-order valence-electron chi connectivity index (χ3n) is 3.46. The van der Waals surface area contributed by atoms with Gasteiger partial charge in [-0.3, -0.25) is 0 Å². The van der Waals surface area contributed by atoms with E-state index in [1.165, 1.54) is 17.5 Å². The van der Waals surface area contributed by atoms with Crippen molar-refractivity contribution in [2.45, 2.75) is 32.2 Å². The summed E-state index contributed by atoms with van der Waals surface area (Å²) >= 11 is 0. The highest BCUT2D eigenvalue weighted by atomic mass is 14.9. The van der Waals surface area contributed by atoms with E-state index in [0.717, 1.165) is 19.4 Å². The van der Waals surface area contributed by atoms with E-state index in [1.54, 1.807) is 0 Å². The molecule has 0 radical (unpaired) electrons. The zero-order valence-electron chi connectivity index (χ0n) is 11.7. The topological polar surface area (TPSA) is 12.0 Å². The molecule has 100 valence electrons. The summed E-state index contributed by atoms with van der Waals surface area (Å²) in [6, 6.07) is 21.9. The molecule has 0 aromatic heterocycles. The third-order valence-corrected chi connectivity index (χ3v) is 3.46. The molecule has 1 atom stereocenters. The summed E-state index contributed by atoms with van der Waals surface area (Å²) in [6.45, 7) is 3.33. The molecule has 2 aromatic rings. The number of aryl methyl sites for hydroxylation is 1. The standard InChI is InChI=1S/C18H23N/c1-16(12-13-17-8-4-2-5-9-17)19-15-14-18-10-6-3-7-11-18/h2-11,16,19H,12-15H2,1H3/t16-/m1/s1. The van der Waals surface area contributed by atoms with Gasteiger partial charge in [-0.1, -0.05) is 60.7 Å². The Balaban J connectivity index is 1.64. The van der Waals surface area contributed by atoms with E-state index in [9.17, 15) is 0 Å². The van der Waals surface area contributed by atoms with Crippen LogP contribution in [0.1, 0.15) is 24.5 Å². The van der Waals surface area contributed by atoms with Crippen LogP contribution < -0.4 is 5.32 Å². The van der Waals surface area contributed by atoms with Gasteiger partial charge in [-0.25, -0.2) is 0 Å². The fraction of sp³-hybridized carbons (Fsp3) is 0.333. The Kier molecular flexibility index (Phi) is 5.64. The van der Waals surface area contributed by atoms with Gasteiger partial charge in [0, 0.05) is 6.04 Å². The largest absolute Gasteiger partial charge is 0.314 e. The summed E-state index contributed by atoms with van der Waals surface area (Å²) in [5.74, 6) is 0. The fourth-order valence-electron chi connectivity index (χ4n) is 2.24. The first-order valence-corrected chi connectivity index (χ1v) is 7.16. The molecule has 0 amide bonds. The molecule has 1 heteroatoms. The van der Waals surface area contributed by atoms with Crippen molar-refractivity contribution in [2.24, 2.45) is 0 Å². The summed E-state index contributed by atoms with van der Waals surface area (Å²) in [7, 11) is 0. The Hall–Kier alpha value is -1.60. The normalized spacial score (nSPS) is 12.3. The van der Waals surface area contributed by atoms with Crippen molar-refractivity contribution in [1.82, 2.24) is 5.32 Å². The first-order chi connectivity index (χ1) is 9.34. The molecule has 0 saturated heterocycles. The summed E-state index contributed by atoms with van der Waals surface area (Å²) in [4.78, 5) is 0. The molecule has 1 N–H and O–H groups in total. The smallest absolute Gasteiger partial charge is 0.00420 e. The van der Waals surface area contributed by atoms with Crippen LogP contribution in [0.4, 0.5) is 0 Å². The van der Waals surface area contributed by atoms with E-state index in [4.69, 9.17) is 0 Å². The van der Waals surface area contributed by atoms with Crippen LogP contribution in [0.5, 0.6) is 0 Å². The van der Waals surface area contributed by atoms with Crippen molar-refractivity contribution in [3.8, 4) is 0 Å². The lowest BCUT2D eigenvalue weighted by Gasteiger charge is -2.13. The maximum atomic E-state index is 3.60. The minimum Gasteiger partial charge on any atom is -0.314 e. The second-order valence-corrected chi connectivity index (χ2v) is 5.12. The molecule has 0 spiro atoms. The SMILES string of the molecule is C[C@H](CCc1ccccc1)NCCc1ccccc1. The molecule has 19 heavy (non-hydrogen) atoms. The van der Waals surface area contributed by atoms with Crippen LogP contribution in [-0.2, 0) is 12.8 Å². The zero-order valence-corrected chi connectivity index (χ0v) is 11.7. The molecule has 1 nitrogen and oxygen atoms in total. The van der Waals surface area contributed by atoms with Crippen LogP contribution in [0, 0.1) is 0 Å². The number of hydrogen-bond acceptors (Lipinski definition) is 1. The van der Waals surface area contributed by atoms with E-state index < -0.39 is 0 Å². The Labute approximate surface area is 116 Å². The fourth-order valence-corrected chi connectivity index (χ4v) is 2.24. The highest BCUT2D eigenvalue weighted by Gasteiger charge is 2.01. The summed E-state index contributed by atoms with van der Waals surface area (Å²) in [6.07, 6.45) is 3.45. The Morgan fingerprint density at radius 3 is 1.89 bits per heavy atom. The lowest BCUT2D eigenvalue weighted by Crippen LogP contribution is -2.28. The van der Waals surface area contributed by atoms with Gasteiger partial charge in [-0.05, 0) is 43.9 Å². The van der Waals surface area contributed by atoms with Gasteiger partial charge in [-0.15, -0.1) is 0 Å². The van der Waals surface area contributed by atoms with Crippen LogP contribution >= 0.6 is 0 Å². The van der Waals surface area contributed by atoms with E-state index in [1.807, 2.05) is 0 Å². The van der Waals surface area contributed by atoms with Gasteiger partial charge in [-0.2, -0.15) is 0 Å². The van der Waals surface area contributed by atoms with Gasteiger partial charge >= 0.3 is 0 Å². The maximum absolute atomic E-state index is 3.60. The van der Waals surface area contributed by atoms with Crippen LogP contribution in [-0.4, -0.2) is 12.6 Å². The Morgan fingerprint density at radius 1 is 0.789 bits per heavy atom. The van der Waals surface area contributed by atoms with Crippen molar-refractivity contribution >= 4 is 0 Å². The monoisotopic (exact) mass is 253 g/mol. The van der Waals surface area contributed by atoms with Crippen molar-refractivity contribution in [1.29, 1.82) is 0 Å². The van der Waals surface area contributed by atoms with Crippen LogP contribution in [0.2, 0.25) is 0 Å². The lowest BCUT2D eigenvalue weighted by atomic mass is 10.1.